The van der Waals surface area contributed by atoms with Crippen LogP contribution in [0.2, 0.25) is 0 Å². The number of nitrogens with one attached hydrogen (secondary N) is 1. The first-order valence-electron chi connectivity index (χ1n) is 12.4. The molecule has 0 aliphatic rings. The highest BCUT2D eigenvalue weighted by Crippen LogP contribution is 2.44. The Kier molecular flexibility index (Phi) is 7.16. The van der Waals surface area contributed by atoms with Crippen molar-refractivity contribution >= 4 is 22.5 Å². The number of rotatable bonds is 8. The number of ether oxygens (including phenoxy) is 1. The minimum atomic E-state index is -0.949. The Morgan fingerprint density at radius 1 is 1.18 bits per heavy atom. The molecule has 0 aliphatic heterocycles. The highest BCUT2D eigenvalue weighted by Gasteiger charge is 2.24. The van der Waals surface area contributed by atoms with Gasteiger partial charge in [-0.3, -0.25) is 0 Å². The van der Waals surface area contributed by atoms with Crippen LogP contribution in [0.25, 0.3) is 33.4 Å². The lowest BCUT2D eigenvalue weighted by Crippen LogP contribution is -2.19. The Labute approximate surface area is 229 Å². The molecule has 3 aromatic heterocycles. The summed E-state index contributed by atoms with van der Waals surface area (Å²) < 4.78 is 22.8. The molecule has 0 aliphatic carbocycles. The van der Waals surface area contributed by atoms with E-state index in [1.165, 1.54) is 24.7 Å². The highest BCUT2D eigenvalue weighted by atomic mass is 19.1. The van der Waals surface area contributed by atoms with Gasteiger partial charge in [0.1, 0.15) is 24.0 Å². The maximum absolute atomic E-state index is 15.4. The van der Waals surface area contributed by atoms with Crippen LogP contribution in [0, 0.1) is 12.7 Å². The van der Waals surface area contributed by atoms with Gasteiger partial charge in [-0.2, -0.15) is 0 Å². The smallest absolute Gasteiger partial charge is 0.322 e. The number of anilines is 2. The number of aliphatic hydroxyl groups is 2. The van der Waals surface area contributed by atoms with E-state index < -0.39 is 12.0 Å². The molecule has 3 heterocycles. The van der Waals surface area contributed by atoms with E-state index in [9.17, 15) is 10.2 Å². The largest absolute Gasteiger partial charge is 0.421 e. The predicted molar refractivity (Wildman–Crippen MR) is 151 cm³/mol. The molecule has 0 bridgehead atoms. The number of nitrogens with zero attached hydrogens (tertiary/aromatic N) is 5. The third kappa shape index (κ3) is 4.95. The Bertz CT molecular complexity index is 1750. The van der Waals surface area contributed by atoms with E-state index in [2.05, 4.69) is 31.8 Å². The number of hydrogen-bond acceptors (Lipinski definition) is 9. The second kappa shape index (κ2) is 10.7. The van der Waals surface area contributed by atoms with E-state index in [4.69, 9.17) is 10.5 Å². The molecular formula is C29H28FN7O3. The van der Waals surface area contributed by atoms with Crippen LogP contribution >= 0.6 is 0 Å². The molecular weight excluding hydrogens is 513 g/mol. The van der Waals surface area contributed by atoms with Crippen molar-refractivity contribution in [3.05, 3.63) is 84.2 Å². The number of aliphatic hydroxyl groups excluding tert-OH is 2. The predicted octanol–water partition coefficient (Wildman–Crippen LogP) is 4.71. The number of benzene rings is 2. The van der Waals surface area contributed by atoms with E-state index in [1.807, 2.05) is 17.7 Å². The number of nitrogens with two attached hydrogens (primary N) is 1. The summed E-state index contributed by atoms with van der Waals surface area (Å²) in [6, 6.07) is 11.6. The molecule has 0 saturated carbocycles. The van der Waals surface area contributed by atoms with E-state index in [0.717, 1.165) is 0 Å². The lowest BCUT2D eigenvalue weighted by Gasteiger charge is -2.17. The van der Waals surface area contributed by atoms with Crippen LogP contribution in [-0.2, 0) is 13.7 Å². The summed E-state index contributed by atoms with van der Waals surface area (Å²) in [4.78, 5) is 16.8. The van der Waals surface area contributed by atoms with Crippen molar-refractivity contribution in [3.8, 4) is 34.1 Å². The molecule has 0 spiro atoms. The van der Waals surface area contributed by atoms with Crippen LogP contribution < -0.4 is 15.8 Å². The standard InChI is InChI=1S/C29H28FN7O3/c1-15(2)28(39)36-19-6-7-20(18(11-19)13-38)25-23(24-26(31)33-14-34-27(24)37(25)4)17-5-8-22(21(30)12-17)40-29-32-10-9-16(3)35-29/h5-12,14,28,36,38-39H,1,13H2,2-4H3,(H2,31,33,34). The third-order valence-electron chi connectivity index (χ3n) is 6.49. The molecule has 5 N–H and O–H groups in total. The summed E-state index contributed by atoms with van der Waals surface area (Å²) in [5, 5.41) is 24.0. The van der Waals surface area contributed by atoms with Crippen molar-refractivity contribution in [1.29, 1.82) is 0 Å². The average molecular weight is 542 g/mol. The summed E-state index contributed by atoms with van der Waals surface area (Å²) in [5.41, 5.74) is 11.7. The quantitative estimate of drug-likeness (QED) is 0.162. The molecule has 0 saturated heterocycles. The second-order valence-corrected chi connectivity index (χ2v) is 9.39. The van der Waals surface area contributed by atoms with Crippen molar-refractivity contribution in [1.82, 2.24) is 24.5 Å². The lowest BCUT2D eigenvalue weighted by molar-refractivity contribution is 0.240. The van der Waals surface area contributed by atoms with Crippen molar-refractivity contribution in [2.75, 3.05) is 11.1 Å². The van der Waals surface area contributed by atoms with Crippen molar-refractivity contribution in [3.63, 3.8) is 0 Å². The number of aryl methyl sites for hydroxylation is 2. The Morgan fingerprint density at radius 2 is 1.98 bits per heavy atom. The van der Waals surface area contributed by atoms with Crippen LogP contribution in [0.1, 0.15) is 18.2 Å². The van der Waals surface area contributed by atoms with Gasteiger partial charge in [0.2, 0.25) is 0 Å². The number of aromatic nitrogens is 5. The number of halogens is 1. The molecule has 0 fully saturated rings. The van der Waals surface area contributed by atoms with E-state index in [-0.39, 0.29) is 24.2 Å². The highest BCUT2D eigenvalue weighted by molar-refractivity contribution is 6.08. The zero-order chi connectivity index (χ0) is 28.6. The molecule has 11 heteroatoms. The number of hydrogen-bond donors (Lipinski definition) is 4. The number of nitrogen functional groups attached to an aromatic ring is 1. The average Bonchev–Trinajstić information content (AvgIpc) is 3.23. The maximum Gasteiger partial charge on any atom is 0.322 e. The van der Waals surface area contributed by atoms with Gasteiger partial charge in [0.25, 0.3) is 0 Å². The molecule has 0 radical (unpaired) electrons. The SMILES string of the molecule is C=C(C)C(O)Nc1ccc(-c2c(-c3ccc(Oc4nccc(C)n4)c(F)c3)c3c(N)ncnc3n2C)c(CO)c1. The fraction of sp³-hybridized carbons (Fsp3) is 0.172. The fourth-order valence-corrected chi connectivity index (χ4v) is 4.51. The van der Waals surface area contributed by atoms with Gasteiger partial charge in [-0.15, -0.1) is 0 Å². The minimum absolute atomic E-state index is 0.0354. The minimum Gasteiger partial charge on any atom is -0.421 e. The van der Waals surface area contributed by atoms with E-state index in [0.29, 0.717) is 55.9 Å². The first-order valence-corrected chi connectivity index (χ1v) is 12.4. The maximum atomic E-state index is 15.4. The summed E-state index contributed by atoms with van der Waals surface area (Å²) in [5.74, 6) is -0.441. The molecule has 1 unspecified atom stereocenters. The van der Waals surface area contributed by atoms with Crippen LogP contribution in [0.5, 0.6) is 11.8 Å². The zero-order valence-corrected chi connectivity index (χ0v) is 22.2. The van der Waals surface area contributed by atoms with Gasteiger partial charge in [0.05, 0.1) is 17.7 Å². The molecule has 1 atom stereocenters. The van der Waals surface area contributed by atoms with Crippen LogP contribution in [0.4, 0.5) is 15.9 Å². The lowest BCUT2D eigenvalue weighted by atomic mass is 9.95. The third-order valence-corrected chi connectivity index (χ3v) is 6.49. The molecule has 0 amide bonds. The van der Waals surface area contributed by atoms with Crippen molar-refractivity contribution in [2.24, 2.45) is 7.05 Å². The second-order valence-electron chi connectivity index (χ2n) is 9.39. The topological polar surface area (TPSA) is 144 Å². The molecule has 5 aromatic rings. The summed E-state index contributed by atoms with van der Waals surface area (Å²) >= 11 is 0. The molecule has 2 aromatic carbocycles. The van der Waals surface area contributed by atoms with Crippen molar-refractivity contribution < 1.29 is 19.3 Å². The summed E-state index contributed by atoms with van der Waals surface area (Å²) in [6.07, 6.45) is 1.95. The van der Waals surface area contributed by atoms with Gasteiger partial charge in [0.15, 0.2) is 11.6 Å². The van der Waals surface area contributed by atoms with E-state index >= 15 is 4.39 Å². The van der Waals surface area contributed by atoms with Gasteiger partial charge in [0, 0.05) is 35.8 Å². The Balaban J connectivity index is 1.66. The molecule has 204 valence electrons. The van der Waals surface area contributed by atoms with Gasteiger partial charge in [-0.05, 0) is 60.9 Å². The zero-order valence-electron chi connectivity index (χ0n) is 22.2. The molecule has 5 rings (SSSR count). The molecule has 10 nitrogen and oxygen atoms in total. The van der Waals surface area contributed by atoms with Gasteiger partial charge in [-0.25, -0.2) is 24.3 Å². The van der Waals surface area contributed by atoms with Crippen LogP contribution in [0.3, 0.4) is 0 Å². The number of fused-ring (bicyclic) bond motifs is 1. The van der Waals surface area contributed by atoms with Crippen LogP contribution in [-0.4, -0.2) is 40.9 Å². The van der Waals surface area contributed by atoms with Gasteiger partial charge >= 0.3 is 6.01 Å². The monoisotopic (exact) mass is 541 g/mol. The van der Waals surface area contributed by atoms with Crippen molar-refractivity contribution in [2.45, 2.75) is 26.7 Å². The van der Waals surface area contributed by atoms with E-state index in [1.54, 1.807) is 38.1 Å². The first kappa shape index (κ1) is 26.7. The van der Waals surface area contributed by atoms with Gasteiger partial charge < -0.3 is 30.6 Å². The summed E-state index contributed by atoms with van der Waals surface area (Å²) in [7, 11) is 1.81. The fourth-order valence-electron chi connectivity index (χ4n) is 4.51. The van der Waals surface area contributed by atoms with Gasteiger partial charge in [-0.1, -0.05) is 18.7 Å². The Morgan fingerprint density at radius 3 is 2.67 bits per heavy atom. The molecule has 40 heavy (non-hydrogen) atoms. The summed E-state index contributed by atoms with van der Waals surface area (Å²) in [6.45, 7) is 6.94. The normalized spacial score (nSPS) is 11.9. The Hall–Kier alpha value is -4.87. The first-order chi connectivity index (χ1) is 19.2. The van der Waals surface area contributed by atoms with Crippen LogP contribution in [0.15, 0.2) is 67.1 Å².